The quantitative estimate of drug-likeness (QED) is 0.570. The van der Waals surface area contributed by atoms with Crippen LogP contribution in [0.15, 0.2) is 58.0 Å². The molecule has 4 rings (SSSR count). The van der Waals surface area contributed by atoms with Crippen LogP contribution in [-0.4, -0.2) is 14.3 Å². The van der Waals surface area contributed by atoms with Gasteiger partial charge in [0.2, 0.25) is 10.0 Å². The van der Waals surface area contributed by atoms with E-state index in [2.05, 4.69) is 10.0 Å². The number of sulfonamides is 1. The van der Waals surface area contributed by atoms with Gasteiger partial charge in [-0.05, 0) is 73.7 Å². The molecule has 1 amide bonds. The van der Waals surface area contributed by atoms with E-state index in [0.29, 0.717) is 16.3 Å². The van der Waals surface area contributed by atoms with Crippen LogP contribution in [0.4, 0.5) is 5.69 Å². The fourth-order valence-electron chi connectivity index (χ4n) is 3.35. The Labute approximate surface area is 174 Å². The molecule has 0 radical (unpaired) electrons. The molecule has 0 fully saturated rings. The number of rotatable bonds is 6. The topological polar surface area (TPSA) is 88.4 Å². The molecule has 1 aromatic carbocycles. The average molecular weight is 431 g/mol. The lowest BCUT2D eigenvalue weighted by Gasteiger charge is -2.07. The van der Waals surface area contributed by atoms with Gasteiger partial charge >= 0.3 is 0 Å². The van der Waals surface area contributed by atoms with Crippen LogP contribution >= 0.6 is 11.3 Å². The normalized spacial score (nSPS) is 14.2. The first-order valence-electron chi connectivity index (χ1n) is 9.56. The first-order chi connectivity index (χ1) is 14.0. The van der Waals surface area contributed by atoms with E-state index in [4.69, 9.17) is 4.42 Å². The van der Waals surface area contributed by atoms with Crippen LogP contribution in [0.3, 0.4) is 0 Å². The third-order valence-electron chi connectivity index (χ3n) is 4.91. The summed E-state index contributed by atoms with van der Waals surface area (Å²) in [6.07, 6.45) is 7.18. The fraction of sp³-hybridized carbons (Fsp3) is 0.286. The molecule has 0 bridgehead atoms. The molecule has 6 nitrogen and oxygen atoms in total. The second-order valence-electron chi connectivity index (χ2n) is 7.00. The standard InChI is InChI=1S/C21H22N2O4S2/c24-21(20-13-15-5-2-1-3-7-19(15)28-20)23-16-8-10-18(11-9-16)29(25,26)22-14-17-6-4-12-27-17/h4,6,8-13,22H,1-3,5,7,14H2,(H,23,24). The van der Waals surface area contributed by atoms with Crippen molar-refractivity contribution in [2.45, 2.75) is 43.5 Å². The lowest BCUT2D eigenvalue weighted by molar-refractivity contribution is 0.103. The van der Waals surface area contributed by atoms with E-state index in [0.717, 1.165) is 12.8 Å². The molecule has 1 aliphatic carbocycles. The lowest BCUT2D eigenvalue weighted by Crippen LogP contribution is -2.23. The Balaban J connectivity index is 1.40. The molecule has 2 heterocycles. The predicted octanol–water partition coefficient (Wildman–Crippen LogP) is 4.34. The van der Waals surface area contributed by atoms with E-state index in [1.807, 2.05) is 6.07 Å². The van der Waals surface area contributed by atoms with Crippen molar-refractivity contribution in [1.29, 1.82) is 0 Å². The molecule has 0 saturated heterocycles. The van der Waals surface area contributed by atoms with Crippen molar-refractivity contribution in [3.63, 3.8) is 0 Å². The van der Waals surface area contributed by atoms with Crippen molar-refractivity contribution in [3.8, 4) is 0 Å². The Kier molecular flexibility index (Phi) is 5.84. The maximum atomic E-state index is 12.6. The summed E-state index contributed by atoms with van der Waals surface area (Å²) in [6.45, 7) is 0.0802. The van der Waals surface area contributed by atoms with E-state index < -0.39 is 10.0 Å². The van der Waals surface area contributed by atoms with Gasteiger partial charge in [-0.25, -0.2) is 13.1 Å². The van der Waals surface area contributed by atoms with Gasteiger partial charge in [0.25, 0.3) is 5.91 Å². The van der Waals surface area contributed by atoms with Gasteiger partial charge in [0.1, 0.15) is 5.76 Å². The highest BCUT2D eigenvalue weighted by Crippen LogP contribution is 2.29. The minimum absolute atomic E-state index is 0.0802. The van der Waals surface area contributed by atoms with E-state index in [1.54, 1.807) is 35.6 Å². The number of hydrogen-bond donors (Lipinski definition) is 2. The number of carbonyl (C=O) groups is 1. The minimum Gasteiger partial charge on any atom is -0.468 e. The van der Waals surface area contributed by atoms with Crippen LogP contribution in [0.25, 0.3) is 0 Å². The molecule has 0 saturated carbocycles. The average Bonchev–Trinajstić information content (AvgIpc) is 3.33. The van der Waals surface area contributed by atoms with Crippen molar-refractivity contribution < 1.29 is 17.6 Å². The predicted molar refractivity (Wildman–Crippen MR) is 113 cm³/mol. The van der Waals surface area contributed by atoms with Crippen LogP contribution in [0.5, 0.6) is 0 Å². The smallest absolute Gasteiger partial charge is 0.265 e. The molecule has 0 spiro atoms. The number of fused-ring (bicyclic) bond motifs is 1. The Bertz CT molecular complexity index is 1060. The van der Waals surface area contributed by atoms with E-state index in [1.165, 1.54) is 48.1 Å². The number of anilines is 1. The third kappa shape index (κ3) is 4.77. The van der Waals surface area contributed by atoms with Gasteiger partial charge in [-0.3, -0.25) is 4.79 Å². The van der Waals surface area contributed by atoms with E-state index in [-0.39, 0.29) is 17.3 Å². The van der Waals surface area contributed by atoms with Gasteiger partial charge in [-0.15, -0.1) is 11.3 Å². The summed E-state index contributed by atoms with van der Waals surface area (Å²) in [5, 5.41) is 2.86. The fourth-order valence-corrected chi connectivity index (χ4v) is 5.49. The number of benzene rings is 1. The molecule has 2 aromatic heterocycles. The number of furan rings is 1. The van der Waals surface area contributed by atoms with Gasteiger partial charge in [0.05, 0.1) is 22.6 Å². The van der Waals surface area contributed by atoms with Gasteiger partial charge in [0, 0.05) is 10.6 Å². The van der Waals surface area contributed by atoms with Crippen LogP contribution in [0.2, 0.25) is 0 Å². The maximum absolute atomic E-state index is 12.6. The van der Waals surface area contributed by atoms with E-state index >= 15 is 0 Å². The van der Waals surface area contributed by atoms with Gasteiger partial charge in [-0.1, -0.05) is 6.42 Å². The number of hydrogen-bond acceptors (Lipinski definition) is 5. The van der Waals surface area contributed by atoms with Gasteiger partial charge < -0.3 is 9.73 Å². The molecule has 29 heavy (non-hydrogen) atoms. The van der Waals surface area contributed by atoms with Crippen LogP contribution < -0.4 is 10.0 Å². The van der Waals surface area contributed by atoms with Crippen LogP contribution in [0, 0.1) is 0 Å². The Hall–Kier alpha value is -2.42. The second kappa shape index (κ2) is 8.52. The SMILES string of the molecule is O=C(Nc1ccc(S(=O)(=O)NCc2ccco2)cc1)c1cc2c(s1)CCCCC2. The highest BCUT2D eigenvalue weighted by atomic mass is 32.2. The zero-order valence-corrected chi connectivity index (χ0v) is 17.4. The zero-order chi connectivity index (χ0) is 20.3. The molecule has 0 atom stereocenters. The number of aryl methyl sites for hydroxylation is 2. The number of carbonyl (C=O) groups excluding carboxylic acids is 1. The molecule has 3 aromatic rings. The molecule has 8 heteroatoms. The largest absolute Gasteiger partial charge is 0.468 e. The van der Waals surface area contributed by atoms with Crippen LogP contribution in [0.1, 0.15) is 45.1 Å². The molecule has 2 N–H and O–H groups in total. The molecule has 0 unspecified atom stereocenters. The summed E-state index contributed by atoms with van der Waals surface area (Å²) >= 11 is 1.56. The highest BCUT2D eigenvalue weighted by Gasteiger charge is 2.18. The summed E-state index contributed by atoms with van der Waals surface area (Å²) < 4.78 is 32.4. The first kappa shape index (κ1) is 19.9. The van der Waals surface area contributed by atoms with Crippen molar-refractivity contribution in [2.75, 3.05) is 5.32 Å². The molecular weight excluding hydrogens is 408 g/mol. The van der Waals surface area contributed by atoms with Crippen molar-refractivity contribution >= 4 is 33.0 Å². The summed E-state index contributed by atoms with van der Waals surface area (Å²) in [5.74, 6) is 0.376. The monoisotopic (exact) mass is 430 g/mol. The van der Waals surface area contributed by atoms with Crippen molar-refractivity contribution in [1.82, 2.24) is 4.72 Å². The Morgan fingerprint density at radius 3 is 2.62 bits per heavy atom. The summed E-state index contributed by atoms with van der Waals surface area (Å²) in [7, 11) is -3.66. The molecule has 0 aliphatic heterocycles. The van der Waals surface area contributed by atoms with Crippen molar-refractivity contribution in [3.05, 3.63) is 69.8 Å². The zero-order valence-electron chi connectivity index (χ0n) is 15.8. The van der Waals surface area contributed by atoms with Gasteiger partial charge in [0.15, 0.2) is 0 Å². The first-order valence-corrected chi connectivity index (χ1v) is 11.9. The number of amides is 1. The Morgan fingerprint density at radius 2 is 1.86 bits per heavy atom. The molecular formula is C21H22N2O4S2. The lowest BCUT2D eigenvalue weighted by atomic mass is 10.1. The van der Waals surface area contributed by atoms with Crippen LogP contribution in [-0.2, 0) is 29.4 Å². The number of thiophene rings is 1. The minimum atomic E-state index is -3.66. The summed E-state index contributed by atoms with van der Waals surface area (Å²) in [5.41, 5.74) is 1.85. The highest BCUT2D eigenvalue weighted by molar-refractivity contribution is 7.89. The van der Waals surface area contributed by atoms with Crippen molar-refractivity contribution in [2.24, 2.45) is 0 Å². The van der Waals surface area contributed by atoms with Gasteiger partial charge in [-0.2, -0.15) is 0 Å². The second-order valence-corrected chi connectivity index (χ2v) is 9.91. The summed E-state index contributed by atoms with van der Waals surface area (Å²) in [4.78, 5) is 14.7. The maximum Gasteiger partial charge on any atom is 0.265 e. The van der Waals surface area contributed by atoms with E-state index in [9.17, 15) is 13.2 Å². The summed E-state index contributed by atoms with van der Waals surface area (Å²) in [6, 6.07) is 11.5. The third-order valence-corrected chi connectivity index (χ3v) is 7.56. The molecule has 1 aliphatic rings. The number of nitrogens with one attached hydrogen (secondary N) is 2. The molecule has 152 valence electrons. The Morgan fingerprint density at radius 1 is 1.07 bits per heavy atom.